The van der Waals surface area contributed by atoms with Gasteiger partial charge in [0.25, 0.3) is 0 Å². The Bertz CT molecular complexity index is 447. The molecule has 0 aliphatic rings. The van der Waals surface area contributed by atoms with Gasteiger partial charge in [-0.15, -0.1) is 11.3 Å². The molecule has 0 amide bonds. The van der Waals surface area contributed by atoms with E-state index in [2.05, 4.69) is 52.4 Å². The molecule has 0 spiro atoms. The molecule has 1 atom stereocenters. The van der Waals surface area contributed by atoms with Gasteiger partial charge in [-0.05, 0) is 30.8 Å². The van der Waals surface area contributed by atoms with Crippen molar-refractivity contribution in [1.29, 1.82) is 0 Å². The molecule has 2 aromatic rings. The molecule has 98 valence electrons. The fraction of sp³-hybridized carbons (Fsp3) is 0.500. The van der Waals surface area contributed by atoms with E-state index in [4.69, 9.17) is 0 Å². The topological polar surface area (TPSA) is 29.9 Å². The SMILES string of the molecule is CCCNC(CC)Cn1ccnc1-c1cccs1. The Balaban J connectivity index is 2.07. The van der Waals surface area contributed by atoms with Crippen LogP contribution < -0.4 is 5.32 Å². The number of aromatic nitrogens is 2. The first kappa shape index (κ1) is 13.3. The number of hydrogen-bond donors (Lipinski definition) is 1. The Morgan fingerprint density at radius 1 is 1.44 bits per heavy atom. The summed E-state index contributed by atoms with van der Waals surface area (Å²) in [5.41, 5.74) is 0. The van der Waals surface area contributed by atoms with Gasteiger partial charge < -0.3 is 9.88 Å². The quantitative estimate of drug-likeness (QED) is 0.830. The average molecular weight is 263 g/mol. The van der Waals surface area contributed by atoms with Crippen molar-refractivity contribution < 1.29 is 0 Å². The normalized spacial score (nSPS) is 12.8. The summed E-state index contributed by atoms with van der Waals surface area (Å²) in [6.07, 6.45) is 6.28. The lowest BCUT2D eigenvalue weighted by molar-refractivity contribution is 0.439. The molecular weight excluding hydrogens is 242 g/mol. The van der Waals surface area contributed by atoms with Gasteiger partial charge in [0.1, 0.15) is 5.82 Å². The van der Waals surface area contributed by atoms with Crippen molar-refractivity contribution in [2.24, 2.45) is 0 Å². The fourth-order valence-corrected chi connectivity index (χ4v) is 2.75. The van der Waals surface area contributed by atoms with E-state index in [0.717, 1.165) is 25.3 Å². The van der Waals surface area contributed by atoms with E-state index in [1.165, 1.54) is 11.3 Å². The van der Waals surface area contributed by atoms with E-state index < -0.39 is 0 Å². The van der Waals surface area contributed by atoms with Crippen molar-refractivity contribution in [3.05, 3.63) is 29.9 Å². The van der Waals surface area contributed by atoms with Gasteiger partial charge in [-0.3, -0.25) is 0 Å². The van der Waals surface area contributed by atoms with Crippen LogP contribution in [0.4, 0.5) is 0 Å². The summed E-state index contributed by atoms with van der Waals surface area (Å²) in [6.45, 7) is 6.51. The number of thiophene rings is 1. The van der Waals surface area contributed by atoms with Crippen molar-refractivity contribution in [1.82, 2.24) is 14.9 Å². The molecule has 3 nitrogen and oxygen atoms in total. The van der Waals surface area contributed by atoms with Gasteiger partial charge in [0.2, 0.25) is 0 Å². The summed E-state index contributed by atoms with van der Waals surface area (Å²) in [5.74, 6) is 1.08. The molecule has 1 unspecified atom stereocenters. The lowest BCUT2D eigenvalue weighted by Gasteiger charge is -2.18. The van der Waals surface area contributed by atoms with Crippen molar-refractivity contribution >= 4 is 11.3 Å². The van der Waals surface area contributed by atoms with Crippen LogP contribution in [0.1, 0.15) is 26.7 Å². The minimum absolute atomic E-state index is 0.526. The van der Waals surface area contributed by atoms with Crippen LogP contribution in [0.2, 0.25) is 0 Å². The van der Waals surface area contributed by atoms with E-state index in [0.29, 0.717) is 6.04 Å². The third-order valence-electron chi connectivity index (χ3n) is 3.05. The second-order valence-corrected chi connectivity index (χ2v) is 5.39. The highest BCUT2D eigenvalue weighted by Gasteiger charge is 2.11. The standard InChI is InChI=1S/C14H21N3S/c1-3-7-15-12(4-2)11-17-9-8-16-14(17)13-6-5-10-18-13/h5-6,8-10,12,15H,3-4,7,11H2,1-2H3. The summed E-state index contributed by atoms with van der Waals surface area (Å²) in [7, 11) is 0. The van der Waals surface area contributed by atoms with E-state index in [9.17, 15) is 0 Å². The zero-order chi connectivity index (χ0) is 12.8. The van der Waals surface area contributed by atoms with E-state index in [-0.39, 0.29) is 0 Å². The minimum atomic E-state index is 0.526. The van der Waals surface area contributed by atoms with Crippen molar-refractivity contribution in [3.8, 4) is 10.7 Å². The average Bonchev–Trinajstić information content (AvgIpc) is 3.04. The summed E-state index contributed by atoms with van der Waals surface area (Å²) in [6, 6.07) is 4.73. The first-order valence-electron chi connectivity index (χ1n) is 6.63. The van der Waals surface area contributed by atoms with Crippen LogP contribution in [0.25, 0.3) is 10.7 Å². The van der Waals surface area contributed by atoms with Crippen LogP contribution in [-0.4, -0.2) is 22.1 Å². The molecule has 0 radical (unpaired) electrons. The molecule has 1 N–H and O–H groups in total. The molecule has 0 saturated carbocycles. The highest BCUT2D eigenvalue weighted by Crippen LogP contribution is 2.23. The molecular formula is C14H21N3S. The molecule has 0 saturated heterocycles. The minimum Gasteiger partial charge on any atom is -0.329 e. The Hall–Kier alpha value is -1.13. The van der Waals surface area contributed by atoms with Gasteiger partial charge in [0, 0.05) is 25.0 Å². The summed E-state index contributed by atoms with van der Waals surface area (Å²) < 4.78 is 2.25. The van der Waals surface area contributed by atoms with E-state index >= 15 is 0 Å². The van der Waals surface area contributed by atoms with Crippen LogP contribution in [0, 0.1) is 0 Å². The third-order valence-corrected chi connectivity index (χ3v) is 3.92. The first-order chi connectivity index (χ1) is 8.85. The zero-order valence-corrected chi connectivity index (χ0v) is 11.9. The van der Waals surface area contributed by atoms with E-state index in [1.54, 1.807) is 11.3 Å². The molecule has 4 heteroatoms. The zero-order valence-electron chi connectivity index (χ0n) is 11.1. The predicted molar refractivity (Wildman–Crippen MR) is 77.9 cm³/mol. The van der Waals surface area contributed by atoms with Gasteiger partial charge >= 0.3 is 0 Å². The van der Waals surface area contributed by atoms with Gasteiger partial charge in [-0.1, -0.05) is 19.9 Å². The molecule has 0 fully saturated rings. The van der Waals surface area contributed by atoms with Crippen molar-refractivity contribution in [3.63, 3.8) is 0 Å². The van der Waals surface area contributed by atoms with E-state index in [1.807, 2.05) is 6.20 Å². The molecule has 0 aliphatic heterocycles. The number of hydrogen-bond acceptors (Lipinski definition) is 3. The van der Waals surface area contributed by atoms with Gasteiger partial charge in [-0.25, -0.2) is 4.98 Å². The van der Waals surface area contributed by atoms with Crippen LogP contribution in [0.5, 0.6) is 0 Å². The number of imidazole rings is 1. The number of rotatable bonds is 7. The second kappa shape index (κ2) is 6.71. The van der Waals surface area contributed by atoms with Gasteiger partial charge in [0.05, 0.1) is 4.88 Å². The predicted octanol–water partition coefficient (Wildman–Crippen LogP) is 3.39. The Morgan fingerprint density at radius 2 is 2.33 bits per heavy atom. The van der Waals surface area contributed by atoms with Crippen LogP contribution in [0.15, 0.2) is 29.9 Å². The number of nitrogens with zero attached hydrogens (tertiary/aromatic N) is 2. The van der Waals surface area contributed by atoms with Crippen molar-refractivity contribution in [2.75, 3.05) is 6.54 Å². The lowest BCUT2D eigenvalue weighted by Crippen LogP contribution is -2.33. The first-order valence-corrected chi connectivity index (χ1v) is 7.51. The highest BCUT2D eigenvalue weighted by atomic mass is 32.1. The molecule has 0 aliphatic carbocycles. The largest absolute Gasteiger partial charge is 0.329 e. The second-order valence-electron chi connectivity index (χ2n) is 4.44. The monoisotopic (exact) mass is 263 g/mol. The third kappa shape index (κ3) is 3.21. The summed E-state index contributed by atoms with van der Waals surface area (Å²) >= 11 is 1.74. The van der Waals surface area contributed by atoms with Crippen molar-refractivity contribution in [2.45, 2.75) is 39.3 Å². The van der Waals surface area contributed by atoms with Gasteiger partial charge in [0.15, 0.2) is 0 Å². The molecule has 18 heavy (non-hydrogen) atoms. The molecule has 0 aromatic carbocycles. The molecule has 2 aromatic heterocycles. The van der Waals surface area contributed by atoms with Crippen LogP contribution >= 0.6 is 11.3 Å². The highest BCUT2D eigenvalue weighted by molar-refractivity contribution is 7.13. The van der Waals surface area contributed by atoms with Crippen LogP contribution in [-0.2, 0) is 6.54 Å². The smallest absolute Gasteiger partial charge is 0.150 e. The maximum Gasteiger partial charge on any atom is 0.150 e. The Labute approximate surface area is 113 Å². The maximum atomic E-state index is 4.47. The molecule has 2 rings (SSSR count). The Kier molecular flexibility index (Phi) is 4.96. The summed E-state index contributed by atoms with van der Waals surface area (Å²) in [4.78, 5) is 5.71. The summed E-state index contributed by atoms with van der Waals surface area (Å²) in [5, 5.41) is 5.68. The van der Waals surface area contributed by atoms with Crippen LogP contribution in [0.3, 0.4) is 0 Å². The fourth-order valence-electron chi connectivity index (χ4n) is 2.01. The molecule has 0 bridgehead atoms. The Morgan fingerprint density at radius 3 is 3.00 bits per heavy atom. The number of nitrogens with one attached hydrogen (secondary N) is 1. The lowest BCUT2D eigenvalue weighted by atomic mass is 10.2. The molecule has 2 heterocycles. The van der Waals surface area contributed by atoms with Gasteiger partial charge in [-0.2, -0.15) is 0 Å². The maximum absolute atomic E-state index is 4.47.